The van der Waals surface area contributed by atoms with Crippen molar-refractivity contribution >= 4 is 24.4 Å². The van der Waals surface area contributed by atoms with Crippen molar-refractivity contribution in [2.24, 2.45) is 0 Å². The van der Waals surface area contributed by atoms with Crippen molar-refractivity contribution < 1.29 is 19.5 Å². The molecule has 0 bridgehead atoms. The van der Waals surface area contributed by atoms with Gasteiger partial charge in [-0.15, -0.1) is 12.6 Å². The van der Waals surface area contributed by atoms with Gasteiger partial charge in [0.05, 0.1) is 12.1 Å². The van der Waals surface area contributed by atoms with E-state index >= 15 is 0 Å². The van der Waals surface area contributed by atoms with Gasteiger partial charge in [-0.25, -0.2) is 5.48 Å². The van der Waals surface area contributed by atoms with Gasteiger partial charge in [0.1, 0.15) is 12.4 Å². The quantitative estimate of drug-likeness (QED) is 0.208. The van der Waals surface area contributed by atoms with E-state index in [1.165, 1.54) is 18.3 Å². The molecule has 0 aliphatic rings. The van der Waals surface area contributed by atoms with Crippen LogP contribution in [0.4, 0.5) is 0 Å². The summed E-state index contributed by atoms with van der Waals surface area (Å²) in [5.41, 5.74) is 4.08. The van der Waals surface area contributed by atoms with Crippen molar-refractivity contribution in [3.8, 4) is 16.9 Å². The van der Waals surface area contributed by atoms with Crippen LogP contribution in [0.15, 0.2) is 71.9 Å². The van der Waals surface area contributed by atoms with Crippen molar-refractivity contribution in [3.05, 3.63) is 78.1 Å². The lowest BCUT2D eigenvalue weighted by atomic mass is 10.1. The first-order valence-corrected chi connectivity index (χ1v) is 9.21. The average Bonchev–Trinajstić information content (AvgIpc) is 2.76. The summed E-state index contributed by atoms with van der Waals surface area (Å²) in [6, 6.07) is 15.6. The average molecular weight is 409 g/mol. The van der Waals surface area contributed by atoms with E-state index in [9.17, 15) is 9.59 Å². The molecule has 3 N–H and O–H groups in total. The van der Waals surface area contributed by atoms with Gasteiger partial charge in [0.2, 0.25) is 0 Å². The second-order valence-electron chi connectivity index (χ2n) is 6.08. The molecule has 0 aliphatic heterocycles. The van der Waals surface area contributed by atoms with Crippen LogP contribution in [0.3, 0.4) is 0 Å². The molecule has 0 saturated carbocycles. The number of amides is 2. The highest BCUT2D eigenvalue weighted by Crippen LogP contribution is 2.22. The molecular weight excluding hydrogens is 390 g/mol. The van der Waals surface area contributed by atoms with Crippen molar-refractivity contribution in [1.29, 1.82) is 0 Å². The lowest BCUT2D eigenvalue weighted by molar-refractivity contribution is 0.0706. The van der Waals surface area contributed by atoms with Gasteiger partial charge in [-0.3, -0.25) is 19.8 Å². The fourth-order valence-corrected chi connectivity index (χ4v) is 2.84. The van der Waals surface area contributed by atoms with Crippen molar-refractivity contribution in [1.82, 2.24) is 15.8 Å². The number of rotatable bonds is 7. The maximum absolute atomic E-state index is 12.4. The summed E-state index contributed by atoms with van der Waals surface area (Å²) in [5, 5.41) is 11.4. The first-order valence-electron chi connectivity index (χ1n) is 8.77. The van der Waals surface area contributed by atoms with Crippen LogP contribution in [0, 0.1) is 0 Å². The largest absolute Gasteiger partial charge is 0.492 e. The Bertz CT molecular complexity index is 1010. The number of pyridine rings is 1. The summed E-state index contributed by atoms with van der Waals surface area (Å²) < 4.78 is 5.53. The van der Waals surface area contributed by atoms with Crippen LogP contribution in [0.2, 0.25) is 0 Å². The molecule has 2 amide bonds. The Morgan fingerprint density at radius 2 is 1.76 bits per heavy atom. The summed E-state index contributed by atoms with van der Waals surface area (Å²) in [5.74, 6) is -0.301. The molecule has 0 fully saturated rings. The molecule has 3 rings (SSSR count). The molecule has 29 heavy (non-hydrogen) atoms. The van der Waals surface area contributed by atoms with E-state index in [0.29, 0.717) is 23.4 Å². The zero-order valence-electron chi connectivity index (χ0n) is 15.3. The number of hydrogen-bond acceptors (Lipinski definition) is 6. The van der Waals surface area contributed by atoms with Crippen molar-refractivity contribution in [2.75, 3.05) is 13.2 Å². The Labute approximate surface area is 173 Å². The fourth-order valence-electron chi connectivity index (χ4n) is 2.61. The molecule has 0 saturated heterocycles. The molecule has 0 atom stereocenters. The minimum Gasteiger partial charge on any atom is -0.492 e. The molecule has 7 nitrogen and oxygen atoms in total. The first-order chi connectivity index (χ1) is 14.1. The van der Waals surface area contributed by atoms with E-state index in [4.69, 9.17) is 9.94 Å². The van der Waals surface area contributed by atoms with Crippen LogP contribution in [-0.4, -0.2) is 35.2 Å². The second kappa shape index (κ2) is 9.72. The second-order valence-corrected chi connectivity index (χ2v) is 6.60. The lowest BCUT2D eigenvalue weighted by Crippen LogP contribution is -2.28. The predicted molar refractivity (Wildman–Crippen MR) is 110 cm³/mol. The minimum absolute atomic E-state index is 0.250. The normalized spacial score (nSPS) is 10.3. The third-order valence-corrected chi connectivity index (χ3v) is 4.33. The number of aromatic nitrogens is 1. The lowest BCUT2D eigenvalue weighted by Gasteiger charge is -2.09. The molecule has 8 heteroatoms. The fraction of sp³-hybridized carbons (Fsp3) is 0.0952. The van der Waals surface area contributed by atoms with Crippen LogP contribution in [0.1, 0.15) is 20.7 Å². The molecule has 2 aromatic carbocycles. The van der Waals surface area contributed by atoms with Crippen molar-refractivity contribution in [3.63, 3.8) is 0 Å². The number of ether oxygens (including phenoxy) is 1. The molecular formula is C21H19N3O4S. The number of nitrogens with zero attached hydrogens (tertiary/aromatic N) is 1. The Morgan fingerprint density at radius 1 is 0.966 bits per heavy atom. The van der Waals surface area contributed by atoms with Gasteiger partial charge in [-0.05, 0) is 48.0 Å². The van der Waals surface area contributed by atoms with Gasteiger partial charge in [-0.2, -0.15) is 0 Å². The minimum atomic E-state index is -0.597. The zero-order valence-corrected chi connectivity index (χ0v) is 16.2. The Kier molecular flexibility index (Phi) is 6.83. The SMILES string of the molecule is O=C(NO)c1ccc(OCCNC(=O)c2cncc(-c3cccc(S)c3)c2)cc1. The van der Waals surface area contributed by atoms with E-state index in [1.807, 2.05) is 24.3 Å². The number of carbonyl (C=O) groups is 2. The van der Waals surface area contributed by atoms with Crippen LogP contribution in [0.25, 0.3) is 11.1 Å². The maximum atomic E-state index is 12.4. The van der Waals surface area contributed by atoms with E-state index in [2.05, 4.69) is 22.9 Å². The predicted octanol–water partition coefficient (Wildman–Crippen LogP) is 2.97. The molecule has 0 radical (unpaired) electrons. The molecule has 3 aromatic rings. The number of thiol groups is 1. The van der Waals surface area contributed by atoms with Gasteiger partial charge in [0.25, 0.3) is 11.8 Å². The van der Waals surface area contributed by atoms with Crippen molar-refractivity contribution in [2.45, 2.75) is 4.90 Å². The Balaban J connectivity index is 1.52. The van der Waals surface area contributed by atoms with Crippen LogP contribution in [-0.2, 0) is 0 Å². The third-order valence-electron chi connectivity index (χ3n) is 4.05. The monoisotopic (exact) mass is 409 g/mol. The van der Waals surface area contributed by atoms with E-state index < -0.39 is 5.91 Å². The Hall–Kier alpha value is -3.36. The standard InChI is InChI=1S/C21H19N3O4S/c25-20(17-10-16(12-22-13-17)15-2-1-3-19(29)11-15)23-8-9-28-18-6-4-14(5-7-18)21(26)24-27/h1-7,10-13,27,29H,8-9H2,(H,23,25)(H,24,26). The molecule has 0 spiro atoms. The van der Waals surface area contributed by atoms with E-state index in [0.717, 1.165) is 16.0 Å². The van der Waals surface area contributed by atoms with E-state index in [1.54, 1.807) is 29.9 Å². The van der Waals surface area contributed by atoms with Crippen LogP contribution in [0.5, 0.6) is 5.75 Å². The maximum Gasteiger partial charge on any atom is 0.274 e. The van der Waals surface area contributed by atoms with Gasteiger partial charge in [0.15, 0.2) is 0 Å². The highest BCUT2D eigenvalue weighted by molar-refractivity contribution is 7.80. The number of hydroxylamine groups is 1. The summed E-state index contributed by atoms with van der Waals surface area (Å²) in [6.07, 6.45) is 3.21. The number of benzene rings is 2. The number of hydrogen-bond donors (Lipinski definition) is 4. The van der Waals surface area contributed by atoms with Crippen LogP contribution < -0.4 is 15.5 Å². The smallest absolute Gasteiger partial charge is 0.274 e. The summed E-state index contributed by atoms with van der Waals surface area (Å²) in [4.78, 5) is 28.6. The summed E-state index contributed by atoms with van der Waals surface area (Å²) in [6.45, 7) is 0.556. The van der Waals surface area contributed by atoms with Gasteiger partial charge < -0.3 is 10.1 Å². The molecule has 1 aromatic heterocycles. The van der Waals surface area contributed by atoms with Gasteiger partial charge in [-0.1, -0.05) is 12.1 Å². The molecule has 0 unspecified atom stereocenters. The topological polar surface area (TPSA) is 101 Å². The molecule has 1 heterocycles. The third kappa shape index (κ3) is 5.56. The van der Waals surface area contributed by atoms with Gasteiger partial charge in [0, 0.05) is 28.4 Å². The molecule has 148 valence electrons. The Morgan fingerprint density at radius 3 is 2.48 bits per heavy atom. The highest BCUT2D eigenvalue weighted by Gasteiger charge is 2.08. The van der Waals surface area contributed by atoms with E-state index in [-0.39, 0.29) is 12.5 Å². The number of nitrogens with one attached hydrogen (secondary N) is 2. The summed E-state index contributed by atoms with van der Waals surface area (Å²) in [7, 11) is 0. The van der Waals surface area contributed by atoms with Gasteiger partial charge >= 0.3 is 0 Å². The van der Waals surface area contributed by atoms with Crippen LogP contribution >= 0.6 is 12.6 Å². The highest BCUT2D eigenvalue weighted by atomic mass is 32.1. The first kappa shape index (κ1) is 20.4. The molecule has 0 aliphatic carbocycles. The number of carbonyl (C=O) groups excluding carboxylic acids is 2. The zero-order chi connectivity index (χ0) is 20.6. The summed E-state index contributed by atoms with van der Waals surface area (Å²) >= 11 is 4.33.